The lowest BCUT2D eigenvalue weighted by atomic mass is 10.1. The van der Waals surface area contributed by atoms with Crippen molar-refractivity contribution in [3.05, 3.63) is 54.1 Å². The first-order valence-electron chi connectivity index (χ1n) is 9.75. The van der Waals surface area contributed by atoms with Crippen molar-refractivity contribution >= 4 is 17.3 Å². The highest BCUT2D eigenvalue weighted by Crippen LogP contribution is 2.32. The number of benzene rings is 2. The Morgan fingerprint density at radius 3 is 2.67 bits per heavy atom. The Bertz CT molecular complexity index is 772. The van der Waals surface area contributed by atoms with Crippen molar-refractivity contribution in [3.8, 4) is 5.75 Å². The van der Waals surface area contributed by atoms with Gasteiger partial charge < -0.3 is 19.3 Å². The second kappa shape index (κ2) is 8.44. The molecule has 4 rings (SSSR count). The Morgan fingerprint density at radius 1 is 1.04 bits per heavy atom. The van der Waals surface area contributed by atoms with Gasteiger partial charge >= 0.3 is 0 Å². The number of carbonyl (C=O) groups excluding carboxylic acids is 1. The highest BCUT2D eigenvalue weighted by Gasteiger charge is 2.25. The Hall–Kier alpha value is -2.53. The predicted molar refractivity (Wildman–Crippen MR) is 107 cm³/mol. The van der Waals surface area contributed by atoms with Gasteiger partial charge in [0.1, 0.15) is 5.75 Å². The van der Waals surface area contributed by atoms with Crippen LogP contribution in [0.25, 0.3) is 0 Å². The van der Waals surface area contributed by atoms with Crippen LogP contribution in [0.5, 0.6) is 5.75 Å². The first-order chi connectivity index (χ1) is 13.3. The summed E-state index contributed by atoms with van der Waals surface area (Å²) >= 11 is 0. The Kier molecular flexibility index (Phi) is 5.58. The van der Waals surface area contributed by atoms with Crippen LogP contribution in [0.4, 0.5) is 11.4 Å². The molecule has 0 radical (unpaired) electrons. The Balaban J connectivity index is 1.31. The van der Waals surface area contributed by atoms with E-state index in [1.165, 1.54) is 11.3 Å². The van der Waals surface area contributed by atoms with Crippen molar-refractivity contribution in [2.24, 2.45) is 0 Å². The lowest BCUT2D eigenvalue weighted by Crippen LogP contribution is -2.36. The lowest BCUT2D eigenvalue weighted by molar-refractivity contribution is -0.118. The second-order valence-corrected chi connectivity index (χ2v) is 6.97. The molecule has 0 aliphatic carbocycles. The van der Waals surface area contributed by atoms with Gasteiger partial charge in [0.2, 0.25) is 5.91 Å². The number of anilines is 2. The third kappa shape index (κ3) is 4.25. The normalized spacial score (nSPS) is 16.3. The summed E-state index contributed by atoms with van der Waals surface area (Å²) in [6.07, 6.45) is 2.17. The lowest BCUT2D eigenvalue weighted by Gasteiger charge is -2.29. The van der Waals surface area contributed by atoms with Crippen LogP contribution in [0.15, 0.2) is 48.5 Å². The zero-order chi connectivity index (χ0) is 18.5. The SMILES string of the molecule is O=C(CCCOc1ccccc1)N1CCc2cc(N3CCOCC3)ccc21. The van der Waals surface area contributed by atoms with Crippen molar-refractivity contribution < 1.29 is 14.3 Å². The van der Waals surface area contributed by atoms with Crippen molar-refractivity contribution in [2.75, 3.05) is 49.3 Å². The van der Waals surface area contributed by atoms with E-state index in [1.807, 2.05) is 35.2 Å². The molecule has 2 aromatic rings. The summed E-state index contributed by atoms with van der Waals surface area (Å²) in [6.45, 7) is 4.78. The van der Waals surface area contributed by atoms with Crippen LogP contribution in [0.2, 0.25) is 0 Å². The highest BCUT2D eigenvalue weighted by molar-refractivity contribution is 5.95. The number of nitrogens with zero attached hydrogens (tertiary/aromatic N) is 2. The van der Waals surface area contributed by atoms with E-state index in [0.717, 1.165) is 57.1 Å². The fraction of sp³-hybridized carbons (Fsp3) is 0.409. The summed E-state index contributed by atoms with van der Waals surface area (Å²) in [4.78, 5) is 16.9. The van der Waals surface area contributed by atoms with E-state index >= 15 is 0 Å². The molecule has 0 N–H and O–H groups in total. The summed E-state index contributed by atoms with van der Waals surface area (Å²) in [5.41, 5.74) is 3.58. The summed E-state index contributed by atoms with van der Waals surface area (Å²) < 4.78 is 11.1. The van der Waals surface area contributed by atoms with Gasteiger partial charge in [-0.1, -0.05) is 18.2 Å². The maximum Gasteiger partial charge on any atom is 0.227 e. The van der Waals surface area contributed by atoms with Crippen LogP contribution < -0.4 is 14.5 Å². The maximum atomic E-state index is 12.6. The number of morpholine rings is 1. The number of hydrogen-bond donors (Lipinski definition) is 0. The third-order valence-corrected chi connectivity index (χ3v) is 5.18. The molecule has 0 spiro atoms. The summed E-state index contributed by atoms with van der Waals surface area (Å²) in [5, 5.41) is 0. The predicted octanol–water partition coefficient (Wildman–Crippen LogP) is 3.27. The number of carbonyl (C=O) groups is 1. The van der Waals surface area contributed by atoms with Crippen molar-refractivity contribution in [2.45, 2.75) is 19.3 Å². The number of ether oxygens (including phenoxy) is 2. The minimum atomic E-state index is 0.185. The fourth-order valence-corrected chi connectivity index (χ4v) is 3.73. The molecule has 142 valence electrons. The van der Waals surface area contributed by atoms with Gasteiger partial charge in [0.25, 0.3) is 0 Å². The standard InChI is InChI=1S/C22H26N2O3/c25-22(7-4-14-27-20-5-2-1-3-6-20)24-11-10-18-17-19(8-9-21(18)24)23-12-15-26-16-13-23/h1-3,5-6,8-9,17H,4,7,10-16H2. The van der Waals surface area contributed by atoms with E-state index in [1.54, 1.807) is 0 Å². The molecule has 1 amide bonds. The first-order valence-corrected chi connectivity index (χ1v) is 9.75. The number of fused-ring (bicyclic) bond motifs is 1. The molecule has 2 aliphatic heterocycles. The van der Waals surface area contributed by atoms with E-state index in [9.17, 15) is 4.79 Å². The molecule has 2 aliphatic rings. The van der Waals surface area contributed by atoms with Crippen LogP contribution >= 0.6 is 0 Å². The molecule has 1 fully saturated rings. The molecular formula is C22H26N2O3. The molecule has 0 aromatic heterocycles. The zero-order valence-electron chi connectivity index (χ0n) is 15.6. The molecule has 0 atom stereocenters. The number of rotatable bonds is 6. The second-order valence-electron chi connectivity index (χ2n) is 6.97. The number of amides is 1. The van der Waals surface area contributed by atoms with E-state index < -0.39 is 0 Å². The largest absolute Gasteiger partial charge is 0.494 e. The molecule has 27 heavy (non-hydrogen) atoms. The van der Waals surface area contributed by atoms with Crippen LogP contribution in [0, 0.1) is 0 Å². The Labute approximate surface area is 160 Å². The fourth-order valence-electron chi connectivity index (χ4n) is 3.73. The monoisotopic (exact) mass is 366 g/mol. The third-order valence-electron chi connectivity index (χ3n) is 5.18. The van der Waals surface area contributed by atoms with Gasteiger partial charge in [-0.2, -0.15) is 0 Å². The van der Waals surface area contributed by atoms with E-state index in [0.29, 0.717) is 13.0 Å². The molecule has 5 heteroatoms. The summed E-state index contributed by atoms with van der Waals surface area (Å²) in [5.74, 6) is 1.04. The molecule has 0 bridgehead atoms. The van der Waals surface area contributed by atoms with Gasteiger partial charge in [-0.25, -0.2) is 0 Å². The maximum absolute atomic E-state index is 12.6. The molecule has 0 saturated carbocycles. The average molecular weight is 366 g/mol. The first kappa shape index (κ1) is 17.9. The van der Waals surface area contributed by atoms with Gasteiger partial charge in [-0.3, -0.25) is 4.79 Å². The molecule has 2 aromatic carbocycles. The highest BCUT2D eigenvalue weighted by atomic mass is 16.5. The average Bonchev–Trinajstić information content (AvgIpc) is 3.16. The van der Waals surface area contributed by atoms with Crippen molar-refractivity contribution in [1.82, 2.24) is 0 Å². The van der Waals surface area contributed by atoms with Crippen LogP contribution in [0.3, 0.4) is 0 Å². The molecule has 5 nitrogen and oxygen atoms in total. The topological polar surface area (TPSA) is 42.0 Å². The summed E-state index contributed by atoms with van der Waals surface area (Å²) in [7, 11) is 0. The zero-order valence-corrected chi connectivity index (χ0v) is 15.6. The molecule has 1 saturated heterocycles. The van der Waals surface area contributed by atoms with Gasteiger partial charge in [0.05, 0.1) is 19.8 Å². The van der Waals surface area contributed by atoms with Crippen LogP contribution in [-0.4, -0.2) is 45.4 Å². The minimum absolute atomic E-state index is 0.185. The van der Waals surface area contributed by atoms with E-state index in [2.05, 4.69) is 23.1 Å². The van der Waals surface area contributed by atoms with E-state index in [4.69, 9.17) is 9.47 Å². The minimum Gasteiger partial charge on any atom is -0.494 e. The summed E-state index contributed by atoms with van der Waals surface area (Å²) in [6, 6.07) is 16.2. The Morgan fingerprint density at radius 2 is 1.85 bits per heavy atom. The van der Waals surface area contributed by atoms with Gasteiger partial charge in [0.15, 0.2) is 0 Å². The van der Waals surface area contributed by atoms with Gasteiger partial charge in [-0.15, -0.1) is 0 Å². The van der Waals surface area contributed by atoms with Crippen LogP contribution in [0.1, 0.15) is 18.4 Å². The van der Waals surface area contributed by atoms with Crippen LogP contribution in [-0.2, 0) is 16.0 Å². The molecule has 2 heterocycles. The quantitative estimate of drug-likeness (QED) is 0.736. The molecule has 0 unspecified atom stereocenters. The van der Waals surface area contributed by atoms with Gasteiger partial charge in [-0.05, 0) is 48.7 Å². The van der Waals surface area contributed by atoms with Crippen molar-refractivity contribution in [1.29, 1.82) is 0 Å². The number of hydrogen-bond acceptors (Lipinski definition) is 4. The van der Waals surface area contributed by atoms with Crippen molar-refractivity contribution in [3.63, 3.8) is 0 Å². The van der Waals surface area contributed by atoms with Gasteiger partial charge in [0, 0.05) is 37.4 Å². The number of para-hydroxylation sites is 1. The smallest absolute Gasteiger partial charge is 0.227 e. The van der Waals surface area contributed by atoms with E-state index in [-0.39, 0.29) is 5.91 Å². The molecular weight excluding hydrogens is 340 g/mol.